The van der Waals surface area contributed by atoms with Gasteiger partial charge in [-0.25, -0.2) is 14.6 Å². The van der Waals surface area contributed by atoms with Crippen LogP contribution in [0.4, 0.5) is 0 Å². The van der Waals surface area contributed by atoms with E-state index in [1.807, 2.05) is 49.2 Å². The number of fused-ring (bicyclic) bond motifs is 6. The maximum Gasteiger partial charge on any atom is 0.328 e. The van der Waals surface area contributed by atoms with Gasteiger partial charge in [-0.05, 0) is 44.7 Å². The third-order valence-corrected chi connectivity index (χ3v) is 8.55. The van der Waals surface area contributed by atoms with E-state index < -0.39 is 11.9 Å². The Morgan fingerprint density at radius 1 is 0.851 bits per heavy atom. The fourth-order valence-corrected chi connectivity index (χ4v) is 6.23. The van der Waals surface area contributed by atoms with Crippen LogP contribution in [0.15, 0.2) is 67.0 Å². The molecule has 0 radical (unpaired) electrons. The molecular formula is C35H38N6O6. The zero-order valence-corrected chi connectivity index (χ0v) is 26.6. The number of rotatable bonds is 4. The van der Waals surface area contributed by atoms with Crippen molar-refractivity contribution in [3.63, 3.8) is 0 Å². The fourth-order valence-electron chi connectivity index (χ4n) is 6.23. The van der Waals surface area contributed by atoms with Crippen molar-refractivity contribution in [2.75, 3.05) is 13.1 Å². The number of carboxylic acids is 2. The van der Waals surface area contributed by atoms with E-state index >= 15 is 0 Å². The summed E-state index contributed by atoms with van der Waals surface area (Å²) in [6, 6.07) is 16.3. The van der Waals surface area contributed by atoms with Gasteiger partial charge in [0, 0.05) is 78.2 Å². The first-order valence-corrected chi connectivity index (χ1v) is 15.4. The van der Waals surface area contributed by atoms with E-state index in [9.17, 15) is 19.2 Å². The van der Waals surface area contributed by atoms with Crippen molar-refractivity contribution in [3.05, 3.63) is 101 Å². The molecule has 12 nitrogen and oxygen atoms in total. The molecule has 2 amide bonds. The molecule has 7 rings (SSSR count). The summed E-state index contributed by atoms with van der Waals surface area (Å²) in [6.45, 7) is 4.11. The highest BCUT2D eigenvalue weighted by atomic mass is 16.4. The smallest absolute Gasteiger partial charge is 0.328 e. The maximum absolute atomic E-state index is 13.2. The number of aromatic nitrogens is 4. The minimum atomic E-state index is -1.26. The van der Waals surface area contributed by atoms with E-state index in [1.165, 1.54) is 0 Å². The van der Waals surface area contributed by atoms with Crippen molar-refractivity contribution in [2.24, 2.45) is 14.1 Å². The van der Waals surface area contributed by atoms with Crippen LogP contribution in [-0.4, -0.2) is 71.1 Å². The van der Waals surface area contributed by atoms with Gasteiger partial charge in [-0.3, -0.25) is 9.59 Å². The quantitative estimate of drug-likeness (QED) is 0.213. The van der Waals surface area contributed by atoms with Crippen LogP contribution in [0, 0.1) is 6.92 Å². The highest BCUT2D eigenvalue weighted by Crippen LogP contribution is 2.30. The summed E-state index contributed by atoms with van der Waals surface area (Å²) in [7, 11) is 4.10. The number of para-hydroxylation sites is 2. The molecule has 0 unspecified atom stereocenters. The Morgan fingerprint density at radius 2 is 1.40 bits per heavy atom. The molecule has 0 atom stereocenters. The molecule has 47 heavy (non-hydrogen) atoms. The largest absolute Gasteiger partial charge is 0.478 e. The minimum absolute atomic E-state index is 0.0734. The number of hydrogen-bond donors (Lipinski definition) is 4. The number of hydrogen-bond acceptors (Lipinski definition) is 5. The molecule has 0 fully saturated rings. The molecule has 2 aliphatic heterocycles. The fraction of sp³-hybridized carbons (Fsp3) is 0.286. The second-order valence-electron chi connectivity index (χ2n) is 11.5. The SMILES string of the molecule is Cc1[nH]cnc1CN1CCCc2c(c3ccccc3n2C)C1=O.Cn1c2c(c3ccccc31)C(=O)NCCC2.O=C(O)C=CC(=O)O. The van der Waals surface area contributed by atoms with Crippen LogP contribution in [0.3, 0.4) is 0 Å². The molecule has 5 heterocycles. The van der Waals surface area contributed by atoms with Crippen molar-refractivity contribution in [2.45, 2.75) is 39.2 Å². The average Bonchev–Trinajstić information content (AvgIpc) is 3.58. The summed E-state index contributed by atoms with van der Waals surface area (Å²) in [6.07, 6.45) is 6.71. The van der Waals surface area contributed by atoms with Crippen LogP contribution >= 0.6 is 0 Å². The number of aryl methyl sites for hydroxylation is 3. The van der Waals surface area contributed by atoms with Gasteiger partial charge in [-0.15, -0.1) is 0 Å². The molecule has 2 aromatic carbocycles. The number of imidazole rings is 1. The van der Waals surface area contributed by atoms with Crippen LogP contribution in [0.2, 0.25) is 0 Å². The van der Waals surface area contributed by atoms with Crippen molar-refractivity contribution in [1.82, 2.24) is 29.3 Å². The predicted octanol–water partition coefficient (Wildman–Crippen LogP) is 4.36. The van der Waals surface area contributed by atoms with Gasteiger partial charge >= 0.3 is 11.9 Å². The Labute approximate surface area is 271 Å². The molecule has 0 aliphatic carbocycles. The Kier molecular flexibility index (Phi) is 9.88. The lowest BCUT2D eigenvalue weighted by Gasteiger charge is -2.20. The molecule has 3 aromatic heterocycles. The zero-order valence-electron chi connectivity index (χ0n) is 26.6. The highest BCUT2D eigenvalue weighted by Gasteiger charge is 2.28. The number of H-pyrrole nitrogens is 1. The van der Waals surface area contributed by atoms with Gasteiger partial charge in [-0.2, -0.15) is 0 Å². The summed E-state index contributed by atoms with van der Waals surface area (Å²) in [5, 5.41) is 20.7. The number of carbonyl (C=O) groups is 4. The molecule has 0 spiro atoms. The Bertz CT molecular complexity index is 1980. The highest BCUT2D eigenvalue weighted by molar-refractivity contribution is 6.09. The number of aromatic amines is 1. The minimum Gasteiger partial charge on any atom is -0.478 e. The lowest BCUT2D eigenvalue weighted by molar-refractivity contribution is -0.134. The third-order valence-electron chi connectivity index (χ3n) is 8.55. The molecule has 2 aliphatic rings. The summed E-state index contributed by atoms with van der Waals surface area (Å²) >= 11 is 0. The van der Waals surface area contributed by atoms with Crippen molar-refractivity contribution in [3.8, 4) is 0 Å². The Hall–Kier alpha value is -5.65. The van der Waals surface area contributed by atoms with Gasteiger partial charge in [-0.1, -0.05) is 36.4 Å². The van der Waals surface area contributed by atoms with E-state index in [0.717, 1.165) is 94.5 Å². The van der Waals surface area contributed by atoms with E-state index in [2.05, 4.69) is 49.7 Å². The second kappa shape index (κ2) is 14.2. The van der Waals surface area contributed by atoms with Gasteiger partial charge in [0.05, 0.1) is 29.7 Å². The first kappa shape index (κ1) is 32.7. The lowest BCUT2D eigenvalue weighted by Crippen LogP contribution is -2.30. The Balaban J connectivity index is 0.000000157. The standard InChI is InChI=1S/C18H20N4O.C13H14N2O.C4H4O4/c1-12-14(20-11-19-12)10-22-9-5-8-16-17(18(22)23)13-6-3-4-7-15(13)21(16)2;1-15-10-6-3-2-5-9(10)12-11(15)7-4-8-14-13(12)16;5-3(6)1-2-4(7)8/h3-4,6-7,11H,5,8-10H2,1-2H3,(H,19,20);2-3,5-6H,4,7-8H2,1H3,(H,14,16);1-2H,(H,5,6)(H,7,8). The van der Waals surface area contributed by atoms with Gasteiger partial charge in [0.1, 0.15) is 0 Å². The molecule has 0 saturated carbocycles. The van der Waals surface area contributed by atoms with E-state index in [1.54, 1.807) is 6.33 Å². The number of carboxylic acid groups (broad SMARTS) is 2. The van der Waals surface area contributed by atoms with Crippen molar-refractivity contribution < 1.29 is 29.4 Å². The molecule has 0 bridgehead atoms. The summed E-state index contributed by atoms with van der Waals surface area (Å²) < 4.78 is 4.32. The number of amides is 2. The van der Waals surface area contributed by atoms with E-state index in [4.69, 9.17) is 10.2 Å². The lowest BCUT2D eigenvalue weighted by atomic mass is 10.1. The van der Waals surface area contributed by atoms with Gasteiger partial charge in [0.2, 0.25) is 0 Å². The number of benzene rings is 2. The number of aliphatic carboxylic acids is 2. The zero-order chi connectivity index (χ0) is 33.7. The van der Waals surface area contributed by atoms with Crippen LogP contribution in [-0.2, 0) is 43.1 Å². The molecule has 244 valence electrons. The first-order chi connectivity index (χ1) is 22.6. The monoisotopic (exact) mass is 638 g/mol. The predicted molar refractivity (Wildman–Crippen MR) is 177 cm³/mol. The summed E-state index contributed by atoms with van der Waals surface area (Å²) in [4.78, 5) is 53.7. The van der Waals surface area contributed by atoms with Gasteiger partial charge < -0.3 is 34.5 Å². The number of carbonyl (C=O) groups excluding carboxylic acids is 2. The van der Waals surface area contributed by atoms with Gasteiger partial charge in [0.15, 0.2) is 0 Å². The summed E-state index contributed by atoms with van der Waals surface area (Å²) in [5.41, 5.74) is 8.30. The molecule has 5 aromatic rings. The molecule has 4 N–H and O–H groups in total. The van der Waals surface area contributed by atoms with E-state index in [-0.39, 0.29) is 11.8 Å². The van der Waals surface area contributed by atoms with Crippen LogP contribution < -0.4 is 5.32 Å². The maximum atomic E-state index is 13.2. The Morgan fingerprint density at radius 3 is 1.98 bits per heavy atom. The molecular weight excluding hydrogens is 600 g/mol. The van der Waals surface area contributed by atoms with E-state index in [0.29, 0.717) is 18.7 Å². The van der Waals surface area contributed by atoms with Crippen LogP contribution in [0.25, 0.3) is 21.8 Å². The van der Waals surface area contributed by atoms with Gasteiger partial charge in [0.25, 0.3) is 11.8 Å². The normalized spacial score (nSPS) is 14.3. The number of nitrogens with one attached hydrogen (secondary N) is 2. The number of nitrogens with zero attached hydrogens (tertiary/aromatic N) is 4. The first-order valence-electron chi connectivity index (χ1n) is 15.4. The topological polar surface area (TPSA) is 163 Å². The third kappa shape index (κ3) is 6.96. The summed E-state index contributed by atoms with van der Waals surface area (Å²) in [5.74, 6) is -2.32. The molecule has 0 saturated heterocycles. The van der Waals surface area contributed by atoms with Crippen molar-refractivity contribution in [1.29, 1.82) is 0 Å². The van der Waals surface area contributed by atoms with Crippen LogP contribution in [0.1, 0.15) is 56.3 Å². The van der Waals surface area contributed by atoms with Crippen molar-refractivity contribution >= 4 is 45.6 Å². The van der Waals surface area contributed by atoms with Crippen LogP contribution in [0.5, 0.6) is 0 Å². The molecule has 12 heteroatoms. The average molecular weight is 639 g/mol. The second-order valence-corrected chi connectivity index (χ2v) is 11.5.